The third kappa shape index (κ3) is 3.86. The van der Waals surface area contributed by atoms with E-state index in [4.69, 9.17) is 21.4 Å². The second-order valence-electron chi connectivity index (χ2n) is 7.76. The van der Waals surface area contributed by atoms with Crippen LogP contribution < -0.4 is 10.3 Å². The Morgan fingerprint density at radius 3 is 2.39 bits per heavy atom. The van der Waals surface area contributed by atoms with E-state index in [0.29, 0.717) is 33.6 Å². The molecule has 0 aliphatic rings. The van der Waals surface area contributed by atoms with Gasteiger partial charge in [0.05, 0.1) is 5.02 Å². The molecule has 4 aromatic rings. The fraction of sp³-hybridized carbons (Fsp3) is 0.280. The first kappa shape index (κ1) is 21.2. The fourth-order valence-electron chi connectivity index (χ4n) is 4.05. The first-order chi connectivity index (χ1) is 14.9. The second-order valence-corrected chi connectivity index (χ2v) is 8.17. The number of hydrogen-bond acceptors (Lipinski definition) is 3. The number of aromatic nitrogens is 3. The molecule has 0 aliphatic carbocycles. The predicted octanol–water partition coefficient (Wildman–Crippen LogP) is 6.36. The van der Waals surface area contributed by atoms with Crippen molar-refractivity contribution in [3.63, 3.8) is 0 Å². The van der Waals surface area contributed by atoms with E-state index in [-0.39, 0.29) is 5.56 Å². The van der Waals surface area contributed by atoms with Crippen LogP contribution in [-0.2, 0) is 7.05 Å². The number of rotatable bonds is 6. The molecule has 0 aliphatic heterocycles. The topological polar surface area (TPSA) is 48.5 Å². The summed E-state index contributed by atoms with van der Waals surface area (Å²) in [4.78, 5) is 13.3. The SMILES string of the molecule is CCC(CC)c1cc(C)n2nc(-c3ccc(Oc4ccccc4)cc3Cl)n(C)c(=O)c12. The van der Waals surface area contributed by atoms with Crippen molar-refractivity contribution >= 4 is 17.1 Å². The predicted molar refractivity (Wildman–Crippen MR) is 125 cm³/mol. The van der Waals surface area contributed by atoms with Gasteiger partial charge in [0.25, 0.3) is 5.56 Å². The van der Waals surface area contributed by atoms with Crippen LogP contribution in [0.3, 0.4) is 0 Å². The molecule has 0 amide bonds. The van der Waals surface area contributed by atoms with Crippen LogP contribution in [0.5, 0.6) is 11.5 Å². The average molecular weight is 436 g/mol. The van der Waals surface area contributed by atoms with Crippen LogP contribution in [0.2, 0.25) is 5.02 Å². The number of hydrogen-bond donors (Lipinski definition) is 0. The molecular formula is C25H26ClN3O2. The minimum atomic E-state index is -0.0688. The van der Waals surface area contributed by atoms with Crippen molar-refractivity contribution in [2.45, 2.75) is 39.5 Å². The van der Waals surface area contributed by atoms with Gasteiger partial charge in [0.15, 0.2) is 5.82 Å². The summed E-state index contributed by atoms with van der Waals surface area (Å²) in [6, 6.07) is 17.0. The maximum absolute atomic E-state index is 13.3. The van der Waals surface area contributed by atoms with E-state index in [0.717, 1.165) is 29.8 Å². The van der Waals surface area contributed by atoms with Crippen molar-refractivity contribution in [3.05, 3.63) is 81.2 Å². The highest BCUT2D eigenvalue weighted by molar-refractivity contribution is 6.33. The van der Waals surface area contributed by atoms with Gasteiger partial charge in [-0.3, -0.25) is 9.36 Å². The molecule has 0 saturated heterocycles. The second kappa shape index (κ2) is 8.60. The fourth-order valence-corrected chi connectivity index (χ4v) is 4.31. The van der Waals surface area contributed by atoms with Crippen molar-refractivity contribution < 1.29 is 4.74 Å². The standard InChI is InChI=1S/C25H26ClN3O2/c1-5-17(6-2)21-14-16(3)29-23(21)25(30)28(4)24(27-29)20-13-12-19(15-22(20)26)31-18-10-8-7-9-11-18/h7-15,17H,5-6H2,1-4H3. The molecule has 0 unspecified atom stereocenters. The smallest absolute Gasteiger partial charge is 0.278 e. The van der Waals surface area contributed by atoms with E-state index in [1.165, 1.54) is 0 Å². The molecule has 2 aromatic carbocycles. The Morgan fingerprint density at radius 1 is 1.03 bits per heavy atom. The Bertz CT molecular complexity index is 1290. The van der Waals surface area contributed by atoms with Gasteiger partial charge in [0.1, 0.15) is 17.0 Å². The number of halogens is 1. The van der Waals surface area contributed by atoms with Crippen molar-refractivity contribution in [3.8, 4) is 22.9 Å². The van der Waals surface area contributed by atoms with E-state index in [1.807, 2.05) is 49.4 Å². The lowest BCUT2D eigenvalue weighted by atomic mass is 9.95. The van der Waals surface area contributed by atoms with E-state index in [9.17, 15) is 4.79 Å². The lowest BCUT2D eigenvalue weighted by Gasteiger charge is -2.14. The van der Waals surface area contributed by atoms with E-state index in [2.05, 4.69) is 19.9 Å². The monoisotopic (exact) mass is 435 g/mol. The van der Waals surface area contributed by atoms with Crippen LogP contribution in [0, 0.1) is 6.92 Å². The molecule has 0 spiro atoms. The summed E-state index contributed by atoms with van der Waals surface area (Å²) in [6.07, 6.45) is 1.96. The third-order valence-electron chi connectivity index (χ3n) is 5.79. The van der Waals surface area contributed by atoms with Crippen LogP contribution >= 0.6 is 11.6 Å². The van der Waals surface area contributed by atoms with Gasteiger partial charge in [-0.25, -0.2) is 4.52 Å². The van der Waals surface area contributed by atoms with Gasteiger partial charge in [-0.2, -0.15) is 0 Å². The highest BCUT2D eigenvalue weighted by Crippen LogP contribution is 2.33. The van der Waals surface area contributed by atoms with Crippen molar-refractivity contribution in [2.75, 3.05) is 0 Å². The van der Waals surface area contributed by atoms with Gasteiger partial charge < -0.3 is 4.74 Å². The summed E-state index contributed by atoms with van der Waals surface area (Å²) in [6.45, 7) is 6.28. The van der Waals surface area contributed by atoms with Crippen LogP contribution in [-0.4, -0.2) is 14.2 Å². The van der Waals surface area contributed by atoms with Crippen molar-refractivity contribution in [2.24, 2.45) is 7.05 Å². The lowest BCUT2D eigenvalue weighted by Crippen LogP contribution is -2.24. The summed E-state index contributed by atoms with van der Waals surface area (Å²) in [5.41, 5.74) is 3.27. The summed E-state index contributed by atoms with van der Waals surface area (Å²) in [5.74, 6) is 2.21. The Hall–Kier alpha value is -3.05. The van der Waals surface area contributed by atoms with E-state index < -0.39 is 0 Å². The van der Waals surface area contributed by atoms with Crippen molar-refractivity contribution in [1.82, 2.24) is 14.2 Å². The molecule has 4 rings (SSSR count). The number of aryl methyl sites for hydroxylation is 1. The van der Waals surface area contributed by atoms with Gasteiger partial charge in [0.2, 0.25) is 0 Å². The highest BCUT2D eigenvalue weighted by atomic mass is 35.5. The summed E-state index contributed by atoms with van der Waals surface area (Å²) in [7, 11) is 1.74. The molecule has 5 nitrogen and oxygen atoms in total. The zero-order chi connectivity index (χ0) is 22.1. The molecule has 0 fully saturated rings. The molecule has 0 saturated carbocycles. The Kier molecular flexibility index (Phi) is 5.88. The largest absolute Gasteiger partial charge is 0.457 e. The van der Waals surface area contributed by atoms with Crippen LogP contribution in [0.25, 0.3) is 16.9 Å². The molecule has 0 atom stereocenters. The Labute approximate surface area is 186 Å². The number of ether oxygens (including phenoxy) is 1. The van der Waals surface area contributed by atoms with Gasteiger partial charge in [-0.1, -0.05) is 43.6 Å². The maximum Gasteiger partial charge on any atom is 0.278 e. The Morgan fingerprint density at radius 2 is 1.74 bits per heavy atom. The average Bonchev–Trinajstić information content (AvgIpc) is 3.09. The zero-order valence-corrected chi connectivity index (χ0v) is 19.0. The molecule has 31 heavy (non-hydrogen) atoms. The molecule has 160 valence electrons. The summed E-state index contributed by atoms with van der Waals surface area (Å²) < 4.78 is 9.21. The maximum atomic E-state index is 13.3. The number of benzene rings is 2. The molecular weight excluding hydrogens is 410 g/mol. The van der Waals surface area contributed by atoms with E-state index >= 15 is 0 Å². The summed E-state index contributed by atoms with van der Waals surface area (Å²) >= 11 is 6.60. The third-order valence-corrected chi connectivity index (χ3v) is 6.10. The van der Waals surface area contributed by atoms with Gasteiger partial charge in [0, 0.05) is 24.4 Å². The number of nitrogens with zero attached hydrogens (tertiary/aromatic N) is 3. The van der Waals surface area contributed by atoms with Crippen molar-refractivity contribution in [1.29, 1.82) is 0 Å². The molecule has 2 aromatic heterocycles. The van der Waals surface area contributed by atoms with Gasteiger partial charge >= 0.3 is 0 Å². The van der Waals surface area contributed by atoms with Gasteiger partial charge in [-0.15, -0.1) is 5.10 Å². The van der Waals surface area contributed by atoms with Crippen LogP contribution in [0.4, 0.5) is 0 Å². The number of fused-ring (bicyclic) bond motifs is 1. The normalized spacial score (nSPS) is 11.4. The quantitative estimate of drug-likeness (QED) is 0.354. The lowest BCUT2D eigenvalue weighted by molar-refractivity contribution is 0.483. The molecule has 0 bridgehead atoms. The zero-order valence-electron chi connectivity index (χ0n) is 18.2. The van der Waals surface area contributed by atoms with E-state index in [1.54, 1.807) is 22.2 Å². The van der Waals surface area contributed by atoms with Gasteiger partial charge in [-0.05, 0) is 61.6 Å². The molecule has 0 N–H and O–H groups in total. The first-order valence-electron chi connectivity index (χ1n) is 10.6. The molecule has 0 radical (unpaired) electrons. The van der Waals surface area contributed by atoms with Crippen LogP contribution in [0.1, 0.15) is 43.9 Å². The Balaban J connectivity index is 1.81. The minimum absolute atomic E-state index is 0.0688. The highest BCUT2D eigenvalue weighted by Gasteiger charge is 2.21. The first-order valence-corrected chi connectivity index (χ1v) is 10.9. The molecule has 2 heterocycles. The summed E-state index contributed by atoms with van der Waals surface area (Å²) in [5, 5.41) is 5.28. The van der Waals surface area contributed by atoms with Crippen LogP contribution in [0.15, 0.2) is 59.4 Å². The minimum Gasteiger partial charge on any atom is -0.457 e. The molecule has 6 heteroatoms. The number of para-hydroxylation sites is 1.